The van der Waals surface area contributed by atoms with Crippen molar-refractivity contribution in [3.8, 4) is 5.75 Å². The molecule has 6 heteroatoms. The summed E-state index contributed by atoms with van der Waals surface area (Å²) in [6.07, 6.45) is -0.268. The minimum atomic E-state index is -0.268. The van der Waals surface area contributed by atoms with Crippen molar-refractivity contribution < 1.29 is 9.53 Å². The molecule has 0 spiro atoms. The summed E-state index contributed by atoms with van der Waals surface area (Å²) >= 11 is 1.68. The average molecular weight is 317 g/mol. The van der Waals surface area contributed by atoms with Crippen molar-refractivity contribution in [2.24, 2.45) is 0 Å². The number of aryl methyl sites for hydroxylation is 1. The van der Waals surface area contributed by atoms with Crippen molar-refractivity contribution in [1.82, 2.24) is 14.8 Å². The van der Waals surface area contributed by atoms with Gasteiger partial charge in [-0.05, 0) is 19.1 Å². The number of carbonyl (C=O) groups excluding carboxylic acids is 1. The van der Waals surface area contributed by atoms with E-state index in [-0.39, 0.29) is 6.09 Å². The fourth-order valence-corrected chi connectivity index (χ4v) is 3.06. The number of carbonyl (C=O) groups is 1. The summed E-state index contributed by atoms with van der Waals surface area (Å²) < 4.78 is 5.37. The van der Waals surface area contributed by atoms with E-state index in [9.17, 15) is 4.79 Å². The van der Waals surface area contributed by atoms with E-state index in [4.69, 9.17) is 4.74 Å². The molecule has 116 valence electrons. The zero-order valence-corrected chi connectivity index (χ0v) is 13.4. The number of hydrogen-bond donors (Lipinski definition) is 0. The van der Waals surface area contributed by atoms with Gasteiger partial charge in [0.1, 0.15) is 5.75 Å². The first-order chi connectivity index (χ1) is 10.7. The average Bonchev–Trinajstić information content (AvgIpc) is 2.94. The zero-order chi connectivity index (χ0) is 15.4. The predicted molar refractivity (Wildman–Crippen MR) is 86.2 cm³/mol. The SMILES string of the molecule is Cc1nc(CN2CCN(C(=O)Oc3ccccc3)CC2)cs1. The van der Waals surface area contributed by atoms with Gasteiger partial charge in [-0.25, -0.2) is 9.78 Å². The van der Waals surface area contributed by atoms with Crippen LogP contribution in [-0.2, 0) is 6.54 Å². The molecule has 1 aliphatic rings. The molecule has 0 aliphatic carbocycles. The number of ether oxygens (including phenoxy) is 1. The summed E-state index contributed by atoms with van der Waals surface area (Å²) in [6, 6.07) is 9.19. The Bertz CT molecular complexity index is 621. The molecule has 1 saturated heterocycles. The second kappa shape index (κ2) is 6.89. The van der Waals surface area contributed by atoms with E-state index in [1.54, 1.807) is 28.4 Å². The monoisotopic (exact) mass is 317 g/mol. The van der Waals surface area contributed by atoms with Crippen LogP contribution in [0.25, 0.3) is 0 Å². The maximum atomic E-state index is 12.1. The van der Waals surface area contributed by atoms with Gasteiger partial charge in [-0.2, -0.15) is 0 Å². The molecule has 0 radical (unpaired) electrons. The van der Waals surface area contributed by atoms with E-state index in [0.29, 0.717) is 18.8 Å². The number of benzene rings is 1. The van der Waals surface area contributed by atoms with Crippen molar-refractivity contribution in [3.05, 3.63) is 46.4 Å². The Morgan fingerprint density at radius 3 is 2.59 bits per heavy atom. The van der Waals surface area contributed by atoms with Crippen LogP contribution in [0.15, 0.2) is 35.7 Å². The van der Waals surface area contributed by atoms with Crippen LogP contribution in [0.2, 0.25) is 0 Å². The van der Waals surface area contributed by atoms with Crippen LogP contribution in [0.5, 0.6) is 5.75 Å². The van der Waals surface area contributed by atoms with Crippen molar-refractivity contribution >= 4 is 17.4 Å². The van der Waals surface area contributed by atoms with Crippen molar-refractivity contribution in [2.45, 2.75) is 13.5 Å². The predicted octanol–water partition coefficient (Wildman–Crippen LogP) is 2.77. The minimum absolute atomic E-state index is 0.268. The molecular weight excluding hydrogens is 298 g/mol. The van der Waals surface area contributed by atoms with E-state index in [0.717, 1.165) is 30.3 Å². The summed E-state index contributed by atoms with van der Waals surface area (Å²) in [6.45, 7) is 5.95. The highest BCUT2D eigenvalue weighted by atomic mass is 32.1. The summed E-state index contributed by atoms with van der Waals surface area (Å²) in [5.74, 6) is 0.591. The quantitative estimate of drug-likeness (QED) is 0.873. The molecule has 1 aliphatic heterocycles. The molecule has 0 atom stereocenters. The molecule has 2 aromatic rings. The number of thiazole rings is 1. The highest BCUT2D eigenvalue weighted by molar-refractivity contribution is 7.09. The largest absolute Gasteiger partial charge is 0.415 e. The second-order valence-electron chi connectivity index (χ2n) is 5.30. The number of amides is 1. The number of aromatic nitrogens is 1. The maximum absolute atomic E-state index is 12.1. The fraction of sp³-hybridized carbons (Fsp3) is 0.375. The van der Waals surface area contributed by atoms with E-state index in [1.165, 1.54) is 0 Å². The lowest BCUT2D eigenvalue weighted by molar-refractivity contribution is 0.107. The van der Waals surface area contributed by atoms with Gasteiger partial charge in [-0.1, -0.05) is 18.2 Å². The molecule has 1 aromatic heterocycles. The maximum Gasteiger partial charge on any atom is 0.415 e. The summed E-state index contributed by atoms with van der Waals surface area (Å²) in [5.41, 5.74) is 1.11. The van der Waals surface area contributed by atoms with E-state index < -0.39 is 0 Å². The molecular formula is C16H19N3O2S. The van der Waals surface area contributed by atoms with Gasteiger partial charge in [0, 0.05) is 38.1 Å². The van der Waals surface area contributed by atoms with Crippen LogP contribution >= 0.6 is 11.3 Å². The number of nitrogens with zero attached hydrogens (tertiary/aromatic N) is 3. The molecule has 22 heavy (non-hydrogen) atoms. The molecule has 1 amide bonds. The van der Waals surface area contributed by atoms with Crippen LogP contribution in [0, 0.1) is 6.92 Å². The summed E-state index contributed by atoms with van der Waals surface area (Å²) in [7, 11) is 0. The highest BCUT2D eigenvalue weighted by Crippen LogP contribution is 2.14. The first-order valence-corrected chi connectivity index (χ1v) is 8.24. The molecule has 2 heterocycles. The van der Waals surface area contributed by atoms with Crippen molar-refractivity contribution in [1.29, 1.82) is 0 Å². The lowest BCUT2D eigenvalue weighted by atomic mass is 10.3. The van der Waals surface area contributed by atoms with E-state index >= 15 is 0 Å². The minimum Gasteiger partial charge on any atom is -0.410 e. The fourth-order valence-electron chi connectivity index (χ4n) is 2.45. The van der Waals surface area contributed by atoms with Gasteiger partial charge in [0.2, 0.25) is 0 Å². The standard InChI is InChI=1S/C16H19N3O2S/c1-13-17-14(12-22-13)11-18-7-9-19(10-8-18)16(20)21-15-5-3-2-4-6-15/h2-6,12H,7-11H2,1H3. The van der Waals surface area contributed by atoms with Crippen molar-refractivity contribution in [3.63, 3.8) is 0 Å². The Morgan fingerprint density at radius 2 is 1.95 bits per heavy atom. The number of para-hydroxylation sites is 1. The Hall–Kier alpha value is -1.92. The normalized spacial score (nSPS) is 15.8. The van der Waals surface area contributed by atoms with Gasteiger partial charge in [-0.15, -0.1) is 11.3 Å². The van der Waals surface area contributed by atoms with Crippen LogP contribution in [0.1, 0.15) is 10.7 Å². The molecule has 5 nitrogen and oxygen atoms in total. The Morgan fingerprint density at radius 1 is 1.23 bits per heavy atom. The summed E-state index contributed by atoms with van der Waals surface area (Å²) in [4.78, 5) is 20.7. The van der Waals surface area contributed by atoms with Crippen LogP contribution in [0.4, 0.5) is 4.79 Å². The van der Waals surface area contributed by atoms with Crippen LogP contribution in [0.3, 0.4) is 0 Å². The third-order valence-corrected chi connectivity index (χ3v) is 4.45. The zero-order valence-electron chi connectivity index (χ0n) is 12.6. The van der Waals surface area contributed by atoms with Gasteiger partial charge in [0.25, 0.3) is 0 Å². The smallest absolute Gasteiger partial charge is 0.410 e. The molecule has 0 saturated carbocycles. The van der Waals surface area contributed by atoms with Crippen LogP contribution in [-0.4, -0.2) is 47.1 Å². The highest BCUT2D eigenvalue weighted by Gasteiger charge is 2.22. The lowest BCUT2D eigenvalue weighted by Gasteiger charge is -2.33. The lowest BCUT2D eigenvalue weighted by Crippen LogP contribution is -2.49. The van der Waals surface area contributed by atoms with Crippen LogP contribution < -0.4 is 4.74 Å². The summed E-state index contributed by atoms with van der Waals surface area (Å²) in [5, 5.41) is 3.20. The molecule has 0 N–H and O–H groups in total. The molecule has 0 bridgehead atoms. The van der Waals surface area contributed by atoms with Gasteiger partial charge in [-0.3, -0.25) is 4.90 Å². The Balaban J connectivity index is 1.48. The first-order valence-electron chi connectivity index (χ1n) is 7.36. The molecule has 0 unspecified atom stereocenters. The van der Waals surface area contributed by atoms with E-state index in [2.05, 4.69) is 15.3 Å². The topological polar surface area (TPSA) is 45.7 Å². The van der Waals surface area contributed by atoms with Gasteiger partial charge in [0.05, 0.1) is 10.7 Å². The third-order valence-electron chi connectivity index (χ3n) is 3.63. The van der Waals surface area contributed by atoms with Gasteiger partial charge < -0.3 is 9.64 Å². The van der Waals surface area contributed by atoms with Gasteiger partial charge in [0.15, 0.2) is 0 Å². The Labute approximate surface area is 134 Å². The first kappa shape index (κ1) is 15.0. The van der Waals surface area contributed by atoms with Gasteiger partial charge >= 0.3 is 6.09 Å². The third kappa shape index (κ3) is 3.84. The van der Waals surface area contributed by atoms with Crippen molar-refractivity contribution in [2.75, 3.05) is 26.2 Å². The number of piperazine rings is 1. The second-order valence-corrected chi connectivity index (χ2v) is 6.36. The number of hydrogen-bond acceptors (Lipinski definition) is 5. The molecule has 1 fully saturated rings. The Kier molecular flexibility index (Phi) is 4.70. The van der Waals surface area contributed by atoms with E-state index in [1.807, 2.05) is 25.1 Å². The molecule has 1 aromatic carbocycles. The molecule has 3 rings (SSSR count). The number of rotatable bonds is 3.